The van der Waals surface area contributed by atoms with Crippen LogP contribution in [0.1, 0.15) is 39.5 Å². The van der Waals surface area contributed by atoms with Crippen LogP contribution in [-0.2, 0) is 4.79 Å². The van der Waals surface area contributed by atoms with Crippen molar-refractivity contribution in [2.24, 2.45) is 11.3 Å². The molecule has 1 unspecified atom stereocenters. The third-order valence-corrected chi connectivity index (χ3v) is 4.15. The quantitative estimate of drug-likeness (QED) is 0.794. The van der Waals surface area contributed by atoms with Crippen molar-refractivity contribution in [2.45, 2.75) is 39.5 Å². The second-order valence-corrected chi connectivity index (χ2v) is 5.28. The number of nitrogens with one attached hydrogen (secondary N) is 1. The van der Waals surface area contributed by atoms with E-state index in [1.165, 1.54) is 19.3 Å². The maximum absolute atomic E-state index is 11.7. The SMILES string of the molecule is CCC1(CN2CC(C)C(=O)NC2=O)CCC1. The van der Waals surface area contributed by atoms with Gasteiger partial charge in [-0.2, -0.15) is 0 Å². The molecule has 1 aliphatic heterocycles. The third-order valence-electron chi connectivity index (χ3n) is 4.15. The zero-order valence-corrected chi connectivity index (χ0v) is 10.1. The standard InChI is InChI=1S/C12H20N2O2/c1-3-12(5-4-6-12)8-14-7-9(2)10(15)13-11(14)16/h9H,3-8H2,1-2H3,(H,13,15,16). The predicted molar refractivity (Wildman–Crippen MR) is 60.9 cm³/mol. The van der Waals surface area contributed by atoms with Crippen LogP contribution < -0.4 is 5.32 Å². The van der Waals surface area contributed by atoms with Gasteiger partial charge in [0.15, 0.2) is 0 Å². The zero-order chi connectivity index (χ0) is 11.8. The molecule has 4 nitrogen and oxygen atoms in total. The minimum atomic E-state index is -0.206. The molecular formula is C12H20N2O2. The van der Waals surface area contributed by atoms with Gasteiger partial charge in [0.2, 0.25) is 5.91 Å². The van der Waals surface area contributed by atoms with Crippen molar-refractivity contribution in [3.8, 4) is 0 Å². The second-order valence-electron chi connectivity index (χ2n) is 5.28. The molecule has 3 amide bonds. The Morgan fingerprint density at radius 2 is 2.12 bits per heavy atom. The molecule has 4 heteroatoms. The van der Waals surface area contributed by atoms with E-state index in [4.69, 9.17) is 0 Å². The highest BCUT2D eigenvalue weighted by atomic mass is 16.2. The summed E-state index contributed by atoms with van der Waals surface area (Å²) in [7, 11) is 0. The van der Waals surface area contributed by atoms with Gasteiger partial charge in [0.1, 0.15) is 0 Å². The molecule has 0 aromatic rings. The highest BCUT2D eigenvalue weighted by Crippen LogP contribution is 2.44. The summed E-state index contributed by atoms with van der Waals surface area (Å²) < 4.78 is 0. The van der Waals surface area contributed by atoms with Gasteiger partial charge in [0.05, 0.1) is 5.92 Å². The van der Waals surface area contributed by atoms with Crippen molar-refractivity contribution in [3.63, 3.8) is 0 Å². The summed E-state index contributed by atoms with van der Waals surface area (Å²) in [5.41, 5.74) is 0.331. The number of carbonyl (C=O) groups excluding carboxylic acids is 2. The molecule has 1 saturated heterocycles. The molecule has 1 heterocycles. The Morgan fingerprint density at radius 3 is 2.62 bits per heavy atom. The van der Waals surface area contributed by atoms with E-state index in [0.29, 0.717) is 12.0 Å². The summed E-state index contributed by atoms with van der Waals surface area (Å²) in [6.45, 7) is 5.45. The first-order chi connectivity index (χ1) is 7.56. The molecule has 0 aromatic carbocycles. The molecule has 16 heavy (non-hydrogen) atoms. The Kier molecular flexibility index (Phi) is 2.91. The van der Waals surface area contributed by atoms with Crippen LogP contribution in [-0.4, -0.2) is 29.9 Å². The molecule has 2 fully saturated rings. The summed E-state index contributed by atoms with van der Waals surface area (Å²) in [5, 5.41) is 2.42. The summed E-state index contributed by atoms with van der Waals surface area (Å²) in [5.74, 6) is -0.216. The fourth-order valence-electron chi connectivity index (χ4n) is 2.65. The monoisotopic (exact) mass is 224 g/mol. The molecule has 0 spiro atoms. The van der Waals surface area contributed by atoms with Gasteiger partial charge in [-0.1, -0.05) is 20.3 Å². The Labute approximate surface area is 96.4 Å². The minimum absolute atomic E-state index is 0.0771. The maximum Gasteiger partial charge on any atom is 0.324 e. The van der Waals surface area contributed by atoms with Crippen molar-refractivity contribution in [3.05, 3.63) is 0 Å². The molecule has 0 bridgehead atoms. The summed E-state index contributed by atoms with van der Waals surface area (Å²) >= 11 is 0. The molecule has 1 aliphatic carbocycles. The average Bonchev–Trinajstić information content (AvgIpc) is 2.19. The van der Waals surface area contributed by atoms with E-state index < -0.39 is 0 Å². The van der Waals surface area contributed by atoms with E-state index in [0.717, 1.165) is 13.0 Å². The number of hydrogen-bond acceptors (Lipinski definition) is 2. The highest BCUT2D eigenvalue weighted by molar-refractivity contribution is 5.97. The minimum Gasteiger partial charge on any atom is -0.323 e. The summed E-state index contributed by atoms with van der Waals surface area (Å²) in [4.78, 5) is 24.8. The van der Waals surface area contributed by atoms with Crippen LogP contribution in [0.5, 0.6) is 0 Å². The van der Waals surface area contributed by atoms with Crippen LogP contribution in [0, 0.1) is 11.3 Å². The average molecular weight is 224 g/mol. The van der Waals surface area contributed by atoms with Crippen LogP contribution in [0.2, 0.25) is 0 Å². The van der Waals surface area contributed by atoms with Crippen molar-refractivity contribution in [1.82, 2.24) is 10.2 Å². The predicted octanol–water partition coefficient (Wildman–Crippen LogP) is 1.75. The number of imide groups is 1. The Balaban J connectivity index is 1.99. The molecule has 2 aliphatic rings. The van der Waals surface area contributed by atoms with Crippen LogP contribution in [0.15, 0.2) is 0 Å². The number of amides is 3. The Morgan fingerprint density at radius 1 is 1.44 bits per heavy atom. The van der Waals surface area contributed by atoms with Gasteiger partial charge in [0.25, 0.3) is 0 Å². The van der Waals surface area contributed by atoms with Gasteiger partial charge in [0, 0.05) is 13.1 Å². The lowest BCUT2D eigenvalue weighted by Gasteiger charge is -2.45. The zero-order valence-electron chi connectivity index (χ0n) is 10.1. The van der Waals surface area contributed by atoms with Crippen LogP contribution >= 0.6 is 0 Å². The Bertz CT molecular complexity index is 305. The fourth-order valence-corrected chi connectivity index (χ4v) is 2.65. The lowest BCUT2D eigenvalue weighted by Crippen LogP contribution is -2.57. The Hall–Kier alpha value is -1.06. The number of hydrogen-bond donors (Lipinski definition) is 1. The van der Waals surface area contributed by atoms with Crippen molar-refractivity contribution in [1.29, 1.82) is 0 Å². The molecule has 0 aromatic heterocycles. The molecule has 1 atom stereocenters. The first-order valence-electron chi connectivity index (χ1n) is 6.16. The van der Waals surface area contributed by atoms with Crippen molar-refractivity contribution < 1.29 is 9.59 Å². The normalized spacial score (nSPS) is 28.6. The fraction of sp³-hybridized carbons (Fsp3) is 0.833. The van der Waals surface area contributed by atoms with E-state index in [1.807, 2.05) is 11.8 Å². The van der Waals surface area contributed by atoms with Gasteiger partial charge >= 0.3 is 6.03 Å². The highest BCUT2D eigenvalue weighted by Gasteiger charge is 2.40. The molecule has 2 rings (SSSR count). The number of nitrogens with zero attached hydrogens (tertiary/aromatic N) is 1. The first-order valence-corrected chi connectivity index (χ1v) is 6.16. The van der Waals surface area contributed by atoms with Gasteiger partial charge in [-0.05, 0) is 24.7 Å². The topological polar surface area (TPSA) is 49.4 Å². The number of carbonyl (C=O) groups is 2. The van der Waals surface area contributed by atoms with Gasteiger partial charge in [-0.25, -0.2) is 4.79 Å². The molecule has 1 N–H and O–H groups in total. The van der Waals surface area contributed by atoms with Crippen LogP contribution in [0.4, 0.5) is 4.79 Å². The molecule has 1 saturated carbocycles. The molecule has 0 radical (unpaired) electrons. The van der Waals surface area contributed by atoms with Gasteiger partial charge < -0.3 is 4.90 Å². The third kappa shape index (κ3) is 1.93. The van der Waals surface area contributed by atoms with Gasteiger partial charge in [-0.15, -0.1) is 0 Å². The van der Waals surface area contributed by atoms with E-state index in [2.05, 4.69) is 12.2 Å². The second kappa shape index (κ2) is 4.07. The molecule has 90 valence electrons. The smallest absolute Gasteiger partial charge is 0.323 e. The summed E-state index contributed by atoms with van der Waals surface area (Å²) in [6.07, 6.45) is 4.84. The number of rotatable bonds is 3. The lowest BCUT2D eigenvalue weighted by molar-refractivity contribution is -0.125. The molecular weight excluding hydrogens is 204 g/mol. The maximum atomic E-state index is 11.7. The van der Waals surface area contributed by atoms with E-state index in [-0.39, 0.29) is 17.9 Å². The van der Waals surface area contributed by atoms with Gasteiger partial charge in [-0.3, -0.25) is 10.1 Å². The van der Waals surface area contributed by atoms with Crippen LogP contribution in [0.25, 0.3) is 0 Å². The first kappa shape index (κ1) is 11.4. The van der Waals surface area contributed by atoms with Crippen LogP contribution in [0.3, 0.4) is 0 Å². The lowest BCUT2D eigenvalue weighted by atomic mass is 9.66. The number of urea groups is 1. The van der Waals surface area contributed by atoms with E-state index in [9.17, 15) is 9.59 Å². The van der Waals surface area contributed by atoms with E-state index in [1.54, 1.807) is 0 Å². The van der Waals surface area contributed by atoms with Crippen molar-refractivity contribution in [2.75, 3.05) is 13.1 Å². The largest absolute Gasteiger partial charge is 0.324 e. The van der Waals surface area contributed by atoms with E-state index >= 15 is 0 Å². The van der Waals surface area contributed by atoms with Crippen molar-refractivity contribution >= 4 is 11.9 Å². The summed E-state index contributed by atoms with van der Waals surface area (Å²) in [6, 6.07) is -0.206.